The largest absolute Gasteiger partial charge is 0.469 e. The lowest BCUT2D eigenvalue weighted by Gasteiger charge is -2.00. The zero-order chi connectivity index (χ0) is 9.68. The number of aryl methyl sites for hydroxylation is 1. The van der Waals surface area contributed by atoms with Gasteiger partial charge < -0.3 is 4.74 Å². The fraction of sp³-hybridized carbons (Fsp3) is 0.333. The second-order valence-electron chi connectivity index (χ2n) is 2.70. The van der Waals surface area contributed by atoms with Crippen LogP contribution in [0.2, 0.25) is 0 Å². The van der Waals surface area contributed by atoms with Gasteiger partial charge in [-0.1, -0.05) is 11.5 Å². The van der Waals surface area contributed by atoms with Gasteiger partial charge in [0.1, 0.15) is 7.85 Å². The van der Waals surface area contributed by atoms with Crippen LogP contribution in [0.1, 0.15) is 12.0 Å². The smallest absolute Gasteiger partial charge is 0.305 e. The van der Waals surface area contributed by atoms with Gasteiger partial charge in [-0.05, 0) is 12.0 Å². The molecule has 13 heavy (non-hydrogen) atoms. The van der Waals surface area contributed by atoms with E-state index in [2.05, 4.69) is 9.72 Å². The van der Waals surface area contributed by atoms with Crippen LogP contribution in [0.5, 0.6) is 0 Å². The predicted octanol–water partition coefficient (Wildman–Crippen LogP) is -0.0190. The summed E-state index contributed by atoms with van der Waals surface area (Å²) >= 11 is 0. The monoisotopic (exact) mass is 175 g/mol. The number of hydrogen-bond donors (Lipinski definition) is 0. The average molecular weight is 175 g/mol. The molecule has 0 spiro atoms. The highest BCUT2D eigenvalue weighted by Gasteiger charge is 2.01. The quantitative estimate of drug-likeness (QED) is 0.478. The fourth-order valence-electron chi connectivity index (χ4n) is 0.993. The van der Waals surface area contributed by atoms with Crippen molar-refractivity contribution in [1.29, 1.82) is 0 Å². The summed E-state index contributed by atoms with van der Waals surface area (Å²) in [6, 6.07) is 1.80. The molecule has 0 bridgehead atoms. The Hall–Kier alpha value is -1.32. The van der Waals surface area contributed by atoms with E-state index in [0.717, 1.165) is 5.56 Å². The van der Waals surface area contributed by atoms with Gasteiger partial charge in [0.2, 0.25) is 0 Å². The Bertz CT molecular complexity index is 301. The molecule has 0 aliphatic rings. The molecule has 1 aromatic rings. The van der Waals surface area contributed by atoms with Crippen molar-refractivity contribution >= 4 is 19.3 Å². The molecule has 0 saturated carbocycles. The van der Waals surface area contributed by atoms with E-state index >= 15 is 0 Å². The zero-order valence-corrected chi connectivity index (χ0v) is 7.49. The van der Waals surface area contributed by atoms with Crippen molar-refractivity contribution in [3.05, 3.63) is 24.0 Å². The predicted molar refractivity (Wildman–Crippen MR) is 50.0 cm³/mol. The van der Waals surface area contributed by atoms with Crippen LogP contribution in [0.3, 0.4) is 0 Å². The topological polar surface area (TPSA) is 39.2 Å². The van der Waals surface area contributed by atoms with Crippen molar-refractivity contribution in [2.75, 3.05) is 7.11 Å². The minimum absolute atomic E-state index is 0.220. The zero-order valence-electron chi connectivity index (χ0n) is 7.49. The van der Waals surface area contributed by atoms with Crippen molar-refractivity contribution < 1.29 is 9.53 Å². The van der Waals surface area contributed by atoms with Gasteiger partial charge in [0.05, 0.1) is 7.11 Å². The van der Waals surface area contributed by atoms with Crippen LogP contribution in [0.25, 0.3) is 0 Å². The Morgan fingerprint density at radius 3 is 3.00 bits per heavy atom. The molecule has 4 heteroatoms. The summed E-state index contributed by atoms with van der Waals surface area (Å²) < 4.78 is 4.51. The third-order valence-corrected chi connectivity index (χ3v) is 1.66. The lowest BCUT2D eigenvalue weighted by molar-refractivity contribution is -0.140. The van der Waals surface area contributed by atoms with E-state index in [1.165, 1.54) is 7.11 Å². The minimum Gasteiger partial charge on any atom is -0.469 e. The summed E-state index contributed by atoms with van der Waals surface area (Å²) in [6.45, 7) is 0. The maximum Gasteiger partial charge on any atom is 0.305 e. The number of hydrogen-bond acceptors (Lipinski definition) is 3. The first-order valence-corrected chi connectivity index (χ1v) is 3.98. The SMILES string of the molecule is [B]c1cncc(CCC(=O)OC)c1. The van der Waals surface area contributed by atoms with Crippen LogP contribution in [-0.4, -0.2) is 25.9 Å². The fourth-order valence-corrected chi connectivity index (χ4v) is 0.993. The Morgan fingerprint density at radius 1 is 1.62 bits per heavy atom. The number of pyridine rings is 1. The number of carbonyl (C=O) groups is 1. The molecule has 0 aliphatic carbocycles. The highest BCUT2D eigenvalue weighted by molar-refractivity contribution is 6.32. The summed E-state index contributed by atoms with van der Waals surface area (Å²) in [4.78, 5) is 14.7. The summed E-state index contributed by atoms with van der Waals surface area (Å²) in [5.41, 5.74) is 1.56. The lowest BCUT2D eigenvalue weighted by Crippen LogP contribution is -2.07. The highest BCUT2D eigenvalue weighted by atomic mass is 16.5. The first-order valence-electron chi connectivity index (χ1n) is 3.98. The van der Waals surface area contributed by atoms with Crippen molar-refractivity contribution in [3.8, 4) is 0 Å². The third kappa shape index (κ3) is 3.28. The Morgan fingerprint density at radius 2 is 2.38 bits per heavy atom. The van der Waals surface area contributed by atoms with E-state index in [4.69, 9.17) is 7.85 Å². The van der Waals surface area contributed by atoms with E-state index in [0.29, 0.717) is 18.3 Å². The molecule has 0 fully saturated rings. The summed E-state index contributed by atoms with van der Waals surface area (Å²) in [5, 5.41) is 0. The van der Waals surface area contributed by atoms with Crippen molar-refractivity contribution in [2.24, 2.45) is 0 Å². The number of esters is 1. The lowest BCUT2D eigenvalue weighted by atomic mass is 9.96. The second kappa shape index (κ2) is 4.65. The van der Waals surface area contributed by atoms with Crippen LogP contribution in [0.4, 0.5) is 0 Å². The van der Waals surface area contributed by atoms with Gasteiger partial charge in [-0.3, -0.25) is 9.78 Å². The molecule has 1 aromatic heterocycles. The molecular formula is C9H10BNO2. The Balaban J connectivity index is 2.50. The second-order valence-corrected chi connectivity index (χ2v) is 2.70. The van der Waals surface area contributed by atoms with Gasteiger partial charge in [-0.25, -0.2) is 0 Å². The molecule has 0 atom stereocenters. The molecule has 66 valence electrons. The summed E-state index contributed by atoms with van der Waals surface area (Å²) in [5.74, 6) is -0.220. The van der Waals surface area contributed by atoms with Gasteiger partial charge in [0.25, 0.3) is 0 Å². The number of aromatic nitrogens is 1. The standard InChI is InChI=1S/C9H10BNO2/c1-13-9(12)3-2-7-4-8(10)6-11-5-7/h4-6H,2-3H2,1H3. The van der Waals surface area contributed by atoms with Crippen molar-refractivity contribution in [2.45, 2.75) is 12.8 Å². The summed E-state index contributed by atoms with van der Waals surface area (Å²) in [7, 11) is 6.89. The van der Waals surface area contributed by atoms with Crippen LogP contribution in [0, 0.1) is 0 Å². The molecule has 0 amide bonds. The highest BCUT2D eigenvalue weighted by Crippen LogP contribution is 1.99. The van der Waals surface area contributed by atoms with E-state index in [-0.39, 0.29) is 5.97 Å². The van der Waals surface area contributed by atoms with E-state index in [9.17, 15) is 4.79 Å². The number of nitrogens with zero attached hydrogens (tertiary/aromatic N) is 1. The normalized spacial score (nSPS) is 9.62. The molecule has 3 nitrogen and oxygen atoms in total. The molecule has 0 N–H and O–H groups in total. The number of ether oxygens (including phenoxy) is 1. The van der Waals surface area contributed by atoms with Gasteiger partial charge in [-0.15, -0.1) is 0 Å². The van der Waals surface area contributed by atoms with Crippen molar-refractivity contribution in [3.63, 3.8) is 0 Å². The van der Waals surface area contributed by atoms with Gasteiger partial charge >= 0.3 is 5.97 Å². The van der Waals surface area contributed by atoms with Crippen LogP contribution >= 0.6 is 0 Å². The summed E-state index contributed by atoms with van der Waals surface area (Å²) in [6.07, 6.45) is 4.24. The van der Waals surface area contributed by atoms with E-state index in [1.807, 2.05) is 0 Å². The van der Waals surface area contributed by atoms with Gasteiger partial charge in [0.15, 0.2) is 0 Å². The van der Waals surface area contributed by atoms with Crippen LogP contribution < -0.4 is 5.46 Å². The first-order chi connectivity index (χ1) is 6.22. The molecule has 2 radical (unpaired) electrons. The number of methoxy groups -OCH3 is 1. The van der Waals surface area contributed by atoms with Crippen LogP contribution in [0.15, 0.2) is 18.5 Å². The molecule has 1 rings (SSSR count). The minimum atomic E-state index is -0.220. The van der Waals surface area contributed by atoms with E-state index < -0.39 is 0 Å². The molecule has 0 unspecified atom stereocenters. The Labute approximate surface area is 78.5 Å². The average Bonchev–Trinajstić information content (AvgIpc) is 2.14. The molecule has 0 aliphatic heterocycles. The number of rotatable bonds is 3. The number of carbonyl (C=O) groups excluding carboxylic acids is 1. The van der Waals surface area contributed by atoms with Gasteiger partial charge in [0, 0.05) is 18.8 Å². The molecule has 1 heterocycles. The first kappa shape index (κ1) is 9.77. The maximum absolute atomic E-state index is 10.8. The molecule has 0 aromatic carbocycles. The van der Waals surface area contributed by atoms with E-state index in [1.54, 1.807) is 18.5 Å². The Kier molecular flexibility index (Phi) is 3.49. The maximum atomic E-state index is 10.8. The third-order valence-electron chi connectivity index (χ3n) is 1.66. The molecule has 0 saturated heterocycles. The van der Waals surface area contributed by atoms with Crippen LogP contribution in [-0.2, 0) is 16.0 Å². The molecular weight excluding hydrogens is 165 g/mol. The van der Waals surface area contributed by atoms with Crippen molar-refractivity contribution in [1.82, 2.24) is 4.98 Å². The van der Waals surface area contributed by atoms with Gasteiger partial charge in [-0.2, -0.15) is 0 Å².